The molecule has 4 heteroatoms. The van der Waals surface area contributed by atoms with E-state index < -0.39 is 0 Å². The van der Waals surface area contributed by atoms with Gasteiger partial charge in [0.15, 0.2) is 0 Å². The average Bonchev–Trinajstić information content (AvgIpc) is 2.77. The third kappa shape index (κ3) is 1.11. The van der Waals surface area contributed by atoms with Gasteiger partial charge in [0.2, 0.25) is 0 Å². The number of hydrogen-bond donors (Lipinski definition) is 1. The number of nitrogens with two attached hydrogens (primary N) is 1. The van der Waals surface area contributed by atoms with E-state index in [0.717, 1.165) is 28.7 Å². The molecule has 0 aromatic carbocycles. The minimum atomic E-state index is -0.166. The first kappa shape index (κ1) is 8.44. The van der Waals surface area contributed by atoms with Crippen molar-refractivity contribution in [3.05, 3.63) is 34.8 Å². The first-order chi connectivity index (χ1) is 6.69. The predicted molar refractivity (Wildman–Crippen MR) is 58.0 cm³/mol. The van der Waals surface area contributed by atoms with E-state index in [0.29, 0.717) is 0 Å². The molecule has 1 saturated carbocycles. The molecule has 2 aromatic heterocycles. The molecule has 0 unspecified atom stereocenters. The Balaban J connectivity index is 2.27. The molecule has 1 aliphatic carbocycles. The van der Waals surface area contributed by atoms with Gasteiger partial charge in [-0.15, -0.1) is 0 Å². The first-order valence-electron chi connectivity index (χ1n) is 4.61. The van der Waals surface area contributed by atoms with Crippen molar-refractivity contribution in [2.45, 2.75) is 18.4 Å². The lowest BCUT2D eigenvalue weighted by Gasteiger charge is -2.07. The quantitative estimate of drug-likeness (QED) is 0.844. The number of fused-ring (bicyclic) bond motifs is 1. The van der Waals surface area contributed by atoms with Crippen molar-refractivity contribution >= 4 is 21.4 Å². The van der Waals surface area contributed by atoms with Gasteiger partial charge in [0.05, 0.1) is 17.3 Å². The Morgan fingerprint density at radius 2 is 2.29 bits per heavy atom. The van der Waals surface area contributed by atoms with Crippen LogP contribution in [0, 0.1) is 0 Å². The van der Waals surface area contributed by atoms with Crippen molar-refractivity contribution < 1.29 is 0 Å². The highest BCUT2D eigenvalue weighted by Crippen LogP contribution is 2.41. The molecule has 0 saturated heterocycles. The highest BCUT2D eigenvalue weighted by atomic mass is 79.9. The summed E-state index contributed by atoms with van der Waals surface area (Å²) in [4.78, 5) is 4.39. The van der Waals surface area contributed by atoms with Crippen LogP contribution in [0.5, 0.6) is 0 Å². The van der Waals surface area contributed by atoms with Gasteiger partial charge in [0.25, 0.3) is 0 Å². The van der Waals surface area contributed by atoms with E-state index in [9.17, 15) is 0 Å². The van der Waals surface area contributed by atoms with Crippen molar-refractivity contribution in [3.63, 3.8) is 0 Å². The Morgan fingerprint density at radius 3 is 3.00 bits per heavy atom. The first-order valence-corrected chi connectivity index (χ1v) is 5.40. The monoisotopic (exact) mass is 251 g/mol. The highest BCUT2D eigenvalue weighted by Gasteiger charge is 2.43. The van der Waals surface area contributed by atoms with Gasteiger partial charge >= 0.3 is 0 Å². The maximum absolute atomic E-state index is 6.12. The summed E-state index contributed by atoms with van der Waals surface area (Å²) in [6.07, 6.45) is 5.96. The summed E-state index contributed by atoms with van der Waals surface area (Å²) >= 11 is 3.44. The van der Waals surface area contributed by atoms with Gasteiger partial charge in [-0.3, -0.25) is 0 Å². The molecular formula is C10H10BrN3. The summed E-state index contributed by atoms with van der Waals surface area (Å²) < 4.78 is 3.14. The molecule has 0 atom stereocenters. The summed E-state index contributed by atoms with van der Waals surface area (Å²) in [7, 11) is 0. The molecule has 1 fully saturated rings. The number of pyridine rings is 1. The predicted octanol–water partition coefficient (Wildman–Crippen LogP) is 2.04. The summed E-state index contributed by atoms with van der Waals surface area (Å²) in [6, 6.07) is 4.05. The smallest absolute Gasteiger partial charge is 0.133 e. The molecule has 0 aliphatic heterocycles. The number of hydrogen-bond acceptors (Lipinski definition) is 2. The average molecular weight is 252 g/mol. The van der Waals surface area contributed by atoms with E-state index in [1.54, 1.807) is 0 Å². The Kier molecular flexibility index (Phi) is 1.56. The van der Waals surface area contributed by atoms with Crippen LogP contribution >= 0.6 is 15.9 Å². The molecule has 1 aliphatic rings. The van der Waals surface area contributed by atoms with Gasteiger partial charge < -0.3 is 10.1 Å². The second-order valence-electron chi connectivity index (χ2n) is 3.88. The molecule has 3 nitrogen and oxygen atoms in total. The molecule has 2 heterocycles. The third-order valence-electron chi connectivity index (χ3n) is 2.73. The second kappa shape index (κ2) is 2.58. The largest absolute Gasteiger partial charge is 0.319 e. The Bertz CT molecular complexity index is 499. The molecule has 2 aromatic rings. The lowest BCUT2D eigenvalue weighted by Crippen LogP contribution is -2.22. The number of rotatable bonds is 1. The van der Waals surface area contributed by atoms with Crippen LogP contribution in [0.25, 0.3) is 5.52 Å². The summed E-state index contributed by atoms with van der Waals surface area (Å²) in [5.74, 6) is 0.986. The topological polar surface area (TPSA) is 43.3 Å². The Labute approximate surface area is 90.1 Å². The standard InChI is InChI=1S/C10H10BrN3/c11-7-1-4-14-8(5-7)6-13-9(14)10(12)2-3-10/h1,4-6H,2-3,12H2. The van der Waals surface area contributed by atoms with E-state index in [4.69, 9.17) is 5.73 Å². The molecular weight excluding hydrogens is 242 g/mol. The van der Waals surface area contributed by atoms with Crippen molar-refractivity contribution in [2.24, 2.45) is 5.73 Å². The van der Waals surface area contributed by atoms with Crippen LogP contribution in [0.3, 0.4) is 0 Å². The van der Waals surface area contributed by atoms with Crippen molar-refractivity contribution in [1.29, 1.82) is 0 Å². The number of nitrogens with zero attached hydrogens (tertiary/aromatic N) is 2. The van der Waals surface area contributed by atoms with Crippen LogP contribution in [-0.4, -0.2) is 9.38 Å². The molecule has 0 radical (unpaired) electrons. The molecule has 72 valence electrons. The van der Waals surface area contributed by atoms with Gasteiger partial charge in [0.1, 0.15) is 5.82 Å². The van der Waals surface area contributed by atoms with E-state index in [2.05, 4.69) is 25.3 Å². The number of halogens is 1. The van der Waals surface area contributed by atoms with Crippen molar-refractivity contribution in [2.75, 3.05) is 0 Å². The van der Waals surface area contributed by atoms with Crippen LogP contribution in [0.4, 0.5) is 0 Å². The molecule has 2 N–H and O–H groups in total. The molecule has 0 spiro atoms. The van der Waals surface area contributed by atoms with Crippen molar-refractivity contribution in [3.8, 4) is 0 Å². The molecule has 14 heavy (non-hydrogen) atoms. The van der Waals surface area contributed by atoms with E-state index in [1.807, 2.05) is 24.5 Å². The van der Waals surface area contributed by atoms with Crippen LogP contribution in [0.2, 0.25) is 0 Å². The SMILES string of the molecule is NC1(c2ncc3cc(Br)ccn23)CC1. The fraction of sp³-hybridized carbons (Fsp3) is 0.300. The molecule has 3 rings (SSSR count). The van der Waals surface area contributed by atoms with Gasteiger partial charge in [-0.05, 0) is 25.0 Å². The van der Waals surface area contributed by atoms with E-state index >= 15 is 0 Å². The number of aromatic nitrogens is 2. The molecule has 0 amide bonds. The van der Waals surface area contributed by atoms with E-state index in [1.165, 1.54) is 0 Å². The van der Waals surface area contributed by atoms with Crippen LogP contribution < -0.4 is 5.73 Å². The zero-order chi connectivity index (χ0) is 9.76. The van der Waals surface area contributed by atoms with E-state index in [-0.39, 0.29) is 5.54 Å². The number of imidazole rings is 1. The zero-order valence-electron chi connectivity index (χ0n) is 7.57. The van der Waals surface area contributed by atoms with Gasteiger partial charge in [-0.25, -0.2) is 4.98 Å². The fourth-order valence-electron chi connectivity index (χ4n) is 1.70. The Morgan fingerprint density at radius 1 is 1.50 bits per heavy atom. The maximum atomic E-state index is 6.12. The zero-order valence-corrected chi connectivity index (χ0v) is 9.16. The summed E-state index contributed by atoms with van der Waals surface area (Å²) in [5.41, 5.74) is 7.04. The Hall–Kier alpha value is -0.870. The van der Waals surface area contributed by atoms with Crippen LogP contribution in [0.15, 0.2) is 29.0 Å². The van der Waals surface area contributed by atoms with Gasteiger partial charge in [-0.2, -0.15) is 0 Å². The summed E-state index contributed by atoms with van der Waals surface area (Å²) in [5, 5.41) is 0. The summed E-state index contributed by atoms with van der Waals surface area (Å²) in [6.45, 7) is 0. The minimum Gasteiger partial charge on any atom is -0.319 e. The van der Waals surface area contributed by atoms with Crippen molar-refractivity contribution in [1.82, 2.24) is 9.38 Å². The van der Waals surface area contributed by atoms with Gasteiger partial charge in [-0.1, -0.05) is 15.9 Å². The lowest BCUT2D eigenvalue weighted by molar-refractivity contribution is 0.669. The molecule has 0 bridgehead atoms. The highest BCUT2D eigenvalue weighted by molar-refractivity contribution is 9.10. The third-order valence-corrected chi connectivity index (χ3v) is 3.22. The lowest BCUT2D eigenvalue weighted by atomic mass is 10.3. The van der Waals surface area contributed by atoms with Crippen LogP contribution in [-0.2, 0) is 5.54 Å². The second-order valence-corrected chi connectivity index (χ2v) is 4.79. The van der Waals surface area contributed by atoms with Crippen LogP contribution in [0.1, 0.15) is 18.7 Å². The fourth-order valence-corrected chi connectivity index (χ4v) is 2.05. The van der Waals surface area contributed by atoms with Gasteiger partial charge in [0, 0.05) is 10.7 Å². The minimum absolute atomic E-state index is 0.166. The maximum Gasteiger partial charge on any atom is 0.133 e. The normalized spacial score (nSPS) is 18.7.